The topological polar surface area (TPSA) is 0 Å². The Labute approximate surface area is 279 Å². The second kappa shape index (κ2) is 31.5. The molecule has 0 N–H and O–H groups in total. The Bertz CT molecular complexity index is 1070. The molecular formula is C42H62S2+2. The number of hydrogen-bond donors (Lipinski definition) is 0. The lowest BCUT2D eigenvalue weighted by Gasteiger charge is -2.08. The van der Waals surface area contributed by atoms with Crippen LogP contribution in [0.1, 0.15) is 75.7 Å². The lowest BCUT2D eigenvalue weighted by Crippen LogP contribution is -2.21. The minimum Gasteiger partial charge on any atom is -0.0683 e. The molecule has 0 amide bonds. The number of fused-ring (bicyclic) bond motifs is 1. The summed E-state index contributed by atoms with van der Waals surface area (Å²) in [6.07, 6.45) is 3.84. The van der Waals surface area contributed by atoms with Crippen LogP contribution in [0.4, 0.5) is 0 Å². The van der Waals surface area contributed by atoms with E-state index in [1.165, 1.54) is 43.4 Å². The lowest BCUT2D eigenvalue weighted by molar-refractivity contribution is 1.04. The molecule has 1 aliphatic rings. The summed E-state index contributed by atoms with van der Waals surface area (Å²) in [5.74, 6) is 3.03. The van der Waals surface area contributed by atoms with E-state index >= 15 is 0 Å². The van der Waals surface area contributed by atoms with Crippen LogP contribution in [0.3, 0.4) is 0 Å². The Kier molecular flexibility index (Phi) is 30.9. The fourth-order valence-corrected chi connectivity index (χ4v) is 6.61. The summed E-state index contributed by atoms with van der Waals surface area (Å²) in [4.78, 5) is 4.08. The molecule has 0 aromatic heterocycles. The van der Waals surface area contributed by atoms with Gasteiger partial charge in [-0.1, -0.05) is 172 Å². The highest BCUT2D eigenvalue weighted by atomic mass is 32.2. The van der Waals surface area contributed by atoms with Crippen LogP contribution in [0.5, 0.6) is 0 Å². The fourth-order valence-electron chi connectivity index (χ4n) is 3.64. The van der Waals surface area contributed by atoms with Crippen molar-refractivity contribution in [3.8, 4) is 0 Å². The molecule has 0 nitrogen and oxygen atoms in total. The van der Waals surface area contributed by atoms with Crippen LogP contribution in [0.15, 0.2) is 154 Å². The van der Waals surface area contributed by atoms with Gasteiger partial charge in [0.15, 0.2) is 14.7 Å². The van der Waals surface area contributed by atoms with Crippen molar-refractivity contribution >= 4 is 32.6 Å². The van der Waals surface area contributed by atoms with Gasteiger partial charge in [-0.05, 0) is 58.1 Å². The normalized spacial score (nSPS) is 10.5. The zero-order chi connectivity index (χ0) is 33.4. The molecule has 0 spiro atoms. The van der Waals surface area contributed by atoms with Gasteiger partial charge in [0, 0.05) is 6.42 Å². The summed E-state index contributed by atoms with van der Waals surface area (Å²) in [7, 11) is 0.843. The molecule has 1 aliphatic heterocycles. The van der Waals surface area contributed by atoms with Crippen LogP contribution in [0.25, 0.3) is 10.8 Å². The van der Waals surface area contributed by atoms with Gasteiger partial charge in [-0.15, -0.1) is 0 Å². The van der Waals surface area contributed by atoms with Crippen LogP contribution in [0.2, 0.25) is 0 Å². The first-order chi connectivity index (χ1) is 21.8. The van der Waals surface area contributed by atoms with E-state index in [0.29, 0.717) is 0 Å². The number of hydrogen-bond acceptors (Lipinski definition) is 0. The van der Waals surface area contributed by atoms with Gasteiger partial charge in [0.05, 0.1) is 17.2 Å². The average molecular weight is 631 g/mol. The molecule has 240 valence electrons. The van der Waals surface area contributed by atoms with Gasteiger partial charge in [0.1, 0.15) is 11.5 Å². The summed E-state index contributed by atoms with van der Waals surface area (Å²) >= 11 is 0. The molecule has 5 aromatic carbocycles. The molecule has 1 saturated heterocycles. The molecule has 0 atom stereocenters. The van der Waals surface area contributed by atoms with Gasteiger partial charge in [0.25, 0.3) is 0 Å². The smallest absolute Gasteiger partial charge is 0.0683 e. The van der Waals surface area contributed by atoms with Crippen molar-refractivity contribution in [1.82, 2.24) is 0 Å². The largest absolute Gasteiger partial charge is 0.166 e. The molecule has 0 unspecified atom stereocenters. The van der Waals surface area contributed by atoms with Gasteiger partial charge in [0.2, 0.25) is 0 Å². The van der Waals surface area contributed by atoms with Crippen LogP contribution in [-0.4, -0.2) is 17.8 Å². The maximum atomic E-state index is 2.34. The molecule has 0 bridgehead atoms. The van der Waals surface area contributed by atoms with Crippen molar-refractivity contribution in [3.63, 3.8) is 0 Å². The van der Waals surface area contributed by atoms with Crippen molar-refractivity contribution in [2.45, 2.75) is 90.3 Å². The minimum atomic E-state index is -0.0146. The molecular weight excluding hydrogens is 569 g/mol. The maximum absolute atomic E-state index is 2.34. The molecule has 1 heterocycles. The third-order valence-electron chi connectivity index (χ3n) is 5.58. The van der Waals surface area contributed by atoms with E-state index in [1.54, 1.807) is 0 Å². The highest BCUT2D eigenvalue weighted by molar-refractivity contribution is 7.97. The monoisotopic (exact) mass is 630 g/mol. The van der Waals surface area contributed by atoms with Crippen molar-refractivity contribution in [3.05, 3.63) is 140 Å². The molecule has 6 rings (SSSR count). The van der Waals surface area contributed by atoms with E-state index in [4.69, 9.17) is 0 Å². The Morgan fingerprint density at radius 3 is 0.750 bits per heavy atom. The third kappa shape index (κ3) is 17.4. The minimum absolute atomic E-state index is 0.0146. The SMILES string of the molecule is CC.CC.CC.CC.CC.C[S+]1CCC1.c1ccc([S+](c2ccccc2)c2ccccc2)cc1.c1ccc2ccccc2c1. The standard InChI is InChI=1S/C18H15S.C10H8.C4H9S.5C2H6/c1-4-10-16(11-5-1)19(17-12-6-2-7-13-17)18-14-8-3-9-15-18;1-2-6-10-8-4-3-7-9(10)5-1;1-5-3-2-4-5;5*1-2/h1-15H;1-8H;2-4H2,1H3;5*1-2H3/q+1;;+1;;;;;. The third-order valence-corrected chi connectivity index (χ3v) is 9.78. The van der Waals surface area contributed by atoms with E-state index in [0.717, 1.165) is 10.9 Å². The van der Waals surface area contributed by atoms with Crippen molar-refractivity contribution < 1.29 is 0 Å². The van der Waals surface area contributed by atoms with Gasteiger partial charge < -0.3 is 0 Å². The molecule has 0 radical (unpaired) electrons. The van der Waals surface area contributed by atoms with Crippen LogP contribution < -0.4 is 0 Å². The van der Waals surface area contributed by atoms with E-state index < -0.39 is 0 Å². The van der Waals surface area contributed by atoms with Crippen LogP contribution in [0, 0.1) is 0 Å². The Balaban J connectivity index is 0. The van der Waals surface area contributed by atoms with E-state index in [2.05, 4.69) is 146 Å². The van der Waals surface area contributed by atoms with Crippen LogP contribution >= 0.6 is 0 Å². The maximum Gasteiger partial charge on any atom is 0.166 e. The highest BCUT2D eigenvalue weighted by Crippen LogP contribution is 2.30. The summed E-state index contributed by atoms with van der Waals surface area (Å²) in [5, 5.41) is 2.62. The van der Waals surface area contributed by atoms with E-state index in [1.807, 2.05) is 69.2 Å². The average Bonchev–Trinajstić information content (AvgIpc) is 3.14. The van der Waals surface area contributed by atoms with Gasteiger partial charge in [-0.25, -0.2) is 0 Å². The fraction of sp³-hybridized carbons (Fsp3) is 0.333. The van der Waals surface area contributed by atoms with Gasteiger partial charge in [-0.2, -0.15) is 0 Å². The molecule has 1 fully saturated rings. The van der Waals surface area contributed by atoms with Crippen LogP contribution in [-0.2, 0) is 21.8 Å². The summed E-state index contributed by atoms with van der Waals surface area (Å²) in [6.45, 7) is 20.0. The quantitative estimate of drug-likeness (QED) is 0.174. The zero-order valence-corrected chi connectivity index (χ0v) is 31.3. The van der Waals surface area contributed by atoms with Crippen molar-refractivity contribution in [2.75, 3.05) is 17.8 Å². The molecule has 44 heavy (non-hydrogen) atoms. The van der Waals surface area contributed by atoms with Crippen molar-refractivity contribution in [2.24, 2.45) is 0 Å². The molecule has 2 heteroatoms. The number of rotatable bonds is 3. The highest BCUT2D eigenvalue weighted by Gasteiger charge is 2.27. The van der Waals surface area contributed by atoms with E-state index in [-0.39, 0.29) is 10.9 Å². The predicted molar refractivity (Wildman–Crippen MR) is 210 cm³/mol. The first kappa shape index (κ1) is 43.2. The zero-order valence-electron chi connectivity index (χ0n) is 29.7. The molecule has 0 aliphatic carbocycles. The predicted octanol–water partition coefficient (Wildman–Crippen LogP) is 13.4. The molecule has 0 saturated carbocycles. The first-order valence-corrected chi connectivity index (χ1v) is 19.9. The summed E-state index contributed by atoms with van der Waals surface area (Å²) < 4.78 is 0. The Morgan fingerprint density at radius 1 is 0.364 bits per heavy atom. The first-order valence-electron chi connectivity index (χ1n) is 16.7. The van der Waals surface area contributed by atoms with Crippen molar-refractivity contribution in [1.29, 1.82) is 0 Å². The second-order valence-corrected chi connectivity index (χ2v) is 12.5. The van der Waals surface area contributed by atoms with E-state index in [9.17, 15) is 0 Å². The Morgan fingerprint density at radius 2 is 0.568 bits per heavy atom. The summed E-state index contributed by atoms with van der Waals surface area (Å²) in [6, 6.07) is 48.9. The molecule has 5 aromatic rings. The summed E-state index contributed by atoms with van der Waals surface area (Å²) in [5.41, 5.74) is 0. The second-order valence-electron chi connectivity index (χ2n) is 8.14. The van der Waals surface area contributed by atoms with Gasteiger partial charge in [-0.3, -0.25) is 0 Å². The van der Waals surface area contributed by atoms with Gasteiger partial charge >= 0.3 is 0 Å². The Hall–Kier alpha value is -2.94. The number of benzene rings is 5. The lowest BCUT2D eigenvalue weighted by atomic mass is 10.1.